The maximum absolute atomic E-state index is 13.1. The molecule has 1 fully saturated rings. The van der Waals surface area contributed by atoms with Crippen LogP contribution in [0.5, 0.6) is 0 Å². The largest absolute Gasteiger partial charge is 0.354 e. The first-order chi connectivity index (χ1) is 14.6. The van der Waals surface area contributed by atoms with Gasteiger partial charge in [-0.3, -0.25) is 4.79 Å². The molecule has 1 saturated heterocycles. The van der Waals surface area contributed by atoms with Crippen molar-refractivity contribution in [3.63, 3.8) is 0 Å². The molecule has 3 aromatic rings. The SMILES string of the molecule is Cc1ccc(Sc2ccc(N3CCC[C@H](C(=O)Nc4ccc(F)cc4)C3)nn2)cc1. The number of hydrogen-bond donors (Lipinski definition) is 1. The van der Waals surface area contributed by atoms with E-state index in [0.29, 0.717) is 12.2 Å². The smallest absolute Gasteiger partial charge is 0.229 e. The molecule has 1 aliphatic heterocycles. The minimum Gasteiger partial charge on any atom is -0.354 e. The number of hydrogen-bond acceptors (Lipinski definition) is 5. The average Bonchev–Trinajstić information content (AvgIpc) is 2.77. The van der Waals surface area contributed by atoms with Crippen molar-refractivity contribution in [3.05, 3.63) is 72.0 Å². The van der Waals surface area contributed by atoms with E-state index in [0.717, 1.165) is 35.1 Å². The summed E-state index contributed by atoms with van der Waals surface area (Å²) in [5.41, 5.74) is 1.83. The van der Waals surface area contributed by atoms with Gasteiger partial charge < -0.3 is 10.2 Å². The van der Waals surface area contributed by atoms with Gasteiger partial charge in [0.25, 0.3) is 0 Å². The third kappa shape index (κ3) is 5.16. The lowest BCUT2D eigenvalue weighted by atomic mass is 9.97. The zero-order valence-corrected chi connectivity index (χ0v) is 17.5. The predicted octanol–water partition coefficient (Wildman–Crippen LogP) is 4.93. The number of carbonyl (C=O) groups is 1. The van der Waals surface area contributed by atoms with E-state index in [1.165, 1.54) is 17.7 Å². The second kappa shape index (κ2) is 9.26. The molecule has 1 aliphatic rings. The van der Waals surface area contributed by atoms with Crippen molar-refractivity contribution in [2.24, 2.45) is 5.92 Å². The first-order valence-corrected chi connectivity index (χ1v) is 10.8. The van der Waals surface area contributed by atoms with Crippen LogP contribution >= 0.6 is 11.8 Å². The number of aromatic nitrogens is 2. The fraction of sp³-hybridized carbons (Fsp3) is 0.261. The first kappa shape index (κ1) is 20.3. The van der Waals surface area contributed by atoms with Gasteiger partial charge in [0, 0.05) is 23.7 Å². The molecule has 1 amide bonds. The van der Waals surface area contributed by atoms with E-state index in [1.807, 2.05) is 12.1 Å². The van der Waals surface area contributed by atoms with Gasteiger partial charge in [0.1, 0.15) is 10.8 Å². The highest BCUT2D eigenvalue weighted by Crippen LogP contribution is 2.28. The molecule has 7 heteroatoms. The van der Waals surface area contributed by atoms with Gasteiger partial charge in [0.05, 0.1) is 5.92 Å². The van der Waals surface area contributed by atoms with Crippen LogP contribution in [0.15, 0.2) is 70.6 Å². The summed E-state index contributed by atoms with van der Waals surface area (Å²) < 4.78 is 13.1. The van der Waals surface area contributed by atoms with Crippen molar-refractivity contribution in [1.82, 2.24) is 10.2 Å². The summed E-state index contributed by atoms with van der Waals surface area (Å²) in [5, 5.41) is 12.5. The zero-order valence-electron chi connectivity index (χ0n) is 16.7. The molecule has 1 N–H and O–H groups in total. The number of amides is 1. The van der Waals surface area contributed by atoms with Gasteiger partial charge in [-0.2, -0.15) is 0 Å². The van der Waals surface area contributed by atoms with Crippen molar-refractivity contribution in [3.8, 4) is 0 Å². The van der Waals surface area contributed by atoms with Crippen LogP contribution in [0.4, 0.5) is 15.9 Å². The molecule has 1 aromatic heterocycles. The lowest BCUT2D eigenvalue weighted by Crippen LogP contribution is -2.41. The molecular weight excluding hydrogens is 399 g/mol. The van der Waals surface area contributed by atoms with Crippen LogP contribution in [0, 0.1) is 18.7 Å². The van der Waals surface area contributed by atoms with E-state index < -0.39 is 0 Å². The van der Waals surface area contributed by atoms with Gasteiger partial charge in [-0.15, -0.1) is 10.2 Å². The van der Waals surface area contributed by atoms with Crippen LogP contribution in [-0.4, -0.2) is 29.2 Å². The van der Waals surface area contributed by atoms with Gasteiger partial charge in [0.15, 0.2) is 5.82 Å². The highest BCUT2D eigenvalue weighted by atomic mass is 32.2. The fourth-order valence-electron chi connectivity index (χ4n) is 3.44. The number of piperidine rings is 1. The van der Waals surface area contributed by atoms with Crippen LogP contribution in [0.3, 0.4) is 0 Å². The van der Waals surface area contributed by atoms with E-state index >= 15 is 0 Å². The number of benzene rings is 2. The normalized spacial score (nSPS) is 16.3. The Bertz CT molecular complexity index is 993. The molecular formula is C23H23FN4OS. The third-order valence-electron chi connectivity index (χ3n) is 5.10. The molecule has 154 valence electrons. The Morgan fingerprint density at radius 3 is 2.53 bits per heavy atom. The van der Waals surface area contributed by atoms with Gasteiger partial charge >= 0.3 is 0 Å². The number of carbonyl (C=O) groups excluding carboxylic acids is 1. The number of anilines is 2. The summed E-state index contributed by atoms with van der Waals surface area (Å²) in [5.74, 6) is 0.264. The van der Waals surface area contributed by atoms with Gasteiger partial charge in [0.2, 0.25) is 5.91 Å². The molecule has 1 atom stereocenters. The number of rotatable bonds is 5. The summed E-state index contributed by atoms with van der Waals surface area (Å²) >= 11 is 1.58. The van der Waals surface area contributed by atoms with Crippen LogP contribution in [0.1, 0.15) is 18.4 Å². The summed E-state index contributed by atoms with van der Waals surface area (Å²) in [6, 6.07) is 18.1. The highest BCUT2D eigenvalue weighted by molar-refractivity contribution is 7.99. The standard InChI is InChI=1S/C23H23FN4OS/c1-16-4-10-20(11-5-16)30-22-13-12-21(26-27-22)28-14-2-3-17(15-28)23(29)25-19-8-6-18(24)7-9-19/h4-13,17H,2-3,14-15H2,1H3,(H,25,29)/t17-/m0/s1. The monoisotopic (exact) mass is 422 g/mol. The molecule has 4 rings (SSSR count). The molecule has 0 bridgehead atoms. The summed E-state index contributed by atoms with van der Waals surface area (Å²) in [6.45, 7) is 3.50. The highest BCUT2D eigenvalue weighted by Gasteiger charge is 2.26. The minimum atomic E-state index is -0.320. The molecule has 0 spiro atoms. The van der Waals surface area contributed by atoms with Gasteiger partial charge in [-0.25, -0.2) is 4.39 Å². The van der Waals surface area contributed by atoms with Crippen LogP contribution < -0.4 is 10.2 Å². The number of halogens is 1. The molecule has 5 nitrogen and oxygen atoms in total. The Labute approximate surface area is 179 Å². The topological polar surface area (TPSA) is 58.1 Å². The summed E-state index contributed by atoms with van der Waals surface area (Å²) in [7, 11) is 0. The molecule has 2 aromatic carbocycles. The Morgan fingerprint density at radius 1 is 1.07 bits per heavy atom. The molecule has 0 aliphatic carbocycles. The van der Waals surface area contributed by atoms with Crippen LogP contribution in [-0.2, 0) is 4.79 Å². The zero-order chi connectivity index (χ0) is 20.9. The first-order valence-electron chi connectivity index (χ1n) is 9.96. The number of nitrogens with one attached hydrogen (secondary N) is 1. The fourth-order valence-corrected chi connectivity index (χ4v) is 4.17. The predicted molar refractivity (Wildman–Crippen MR) is 117 cm³/mol. The second-order valence-corrected chi connectivity index (χ2v) is 8.52. The van der Waals surface area contributed by atoms with E-state index in [9.17, 15) is 9.18 Å². The lowest BCUT2D eigenvalue weighted by molar-refractivity contribution is -0.120. The number of aryl methyl sites for hydroxylation is 1. The van der Waals surface area contributed by atoms with Crippen molar-refractivity contribution in [2.45, 2.75) is 29.7 Å². The second-order valence-electron chi connectivity index (χ2n) is 7.43. The van der Waals surface area contributed by atoms with Crippen molar-refractivity contribution < 1.29 is 9.18 Å². The Morgan fingerprint density at radius 2 is 1.83 bits per heavy atom. The Kier molecular flexibility index (Phi) is 6.28. The van der Waals surface area contributed by atoms with E-state index in [1.54, 1.807) is 23.9 Å². The van der Waals surface area contributed by atoms with Crippen molar-refractivity contribution in [2.75, 3.05) is 23.3 Å². The maximum Gasteiger partial charge on any atom is 0.229 e. The van der Waals surface area contributed by atoms with Gasteiger partial charge in [-0.05, 0) is 68.3 Å². The maximum atomic E-state index is 13.1. The van der Waals surface area contributed by atoms with E-state index in [-0.39, 0.29) is 17.6 Å². The van der Waals surface area contributed by atoms with E-state index in [4.69, 9.17) is 0 Å². The molecule has 0 saturated carbocycles. The van der Waals surface area contributed by atoms with E-state index in [2.05, 4.69) is 51.6 Å². The van der Waals surface area contributed by atoms with Crippen LogP contribution in [0.2, 0.25) is 0 Å². The Balaban J connectivity index is 1.37. The molecule has 0 unspecified atom stereocenters. The molecule has 30 heavy (non-hydrogen) atoms. The Hall–Kier alpha value is -2.93. The van der Waals surface area contributed by atoms with Crippen molar-refractivity contribution >= 4 is 29.2 Å². The quantitative estimate of drug-likeness (QED) is 0.632. The lowest BCUT2D eigenvalue weighted by Gasteiger charge is -2.32. The molecule has 2 heterocycles. The third-order valence-corrected chi connectivity index (χ3v) is 6.03. The average molecular weight is 423 g/mol. The summed E-state index contributed by atoms with van der Waals surface area (Å²) in [6.07, 6.45) is 1.72. The van der Waals surface area contributed by atoms with Gasteiger partial charge in [-0.1, -0.05) is 29.5 Å². The summed E-state index contributed by atoms with van der Waals surface area (Å²) in [4.78, 5) is 15.9. The van der Waals surface area contributed by atoms with Crippen LogP contribution in [0.25, 0.3) is 0 Å². The number of nitrogens with zero attached hydrogens (tertiary/aromatic N) is 3. The molecule has 0 radical (unpaired) electrons. The van der Waals surface area contributed by atoms with Crippen molar-refractivity contribution in [1.29, 1.82) is 0 Å². The minimum absolute atomic E-state index is 0.0502.